The average molecular weight is 597 g/mol. The molecule has 230 valence electrons. The van der Waals surface area contributed by atoms with E-state index in [1.165, 1.54) is 19.3 Å². The highest BCUT2D eigenvalue weighted by molar-refractivity contribution is 6.31. The van der Waals surface area contributed by atoms with Crippen molar-refractivity contribution in [2.24, 2.45) is 23.2 Å². The van der Waals surface area contributed by atoms with Crippen LogP contribution in [0.2, 0.25) is 5.02 Å². The van der Waals surface area contributed by atoms with E-state index in [1.54, 1.807) is 6.20 Å². The number of aliphatic hydroxyl groups excluding tert-OH is 1. The maximum absolute atomic E-state index is 9.73. The summed E-state index contributed by atoms with van der Waals surface area (Å²) in [7, 11) is 0. The quantitative estimate of drug-likeness (QED) is 0.198. The molecule has 1 heterocycles. The van der Waals surface area contributed by atoms with Gasteiger partial charge in [-0.25, -0.2) is 4.98 Å². The molecule has 2 aliphatic carbocycles. The van der Waals surface area contributed by atoms with E-state index in [2.05, 4.69) is 52.8 Å². The smallest absolute Gasteiger partial charge is 0.224 e. The zero-order valence-electron chi connectivity index (χ0n) is 25.5. The summed E-state index contributed by atoms with van der Waals surface area (Å²) in [5.41, 5.74) is 1.52. The second-order valence-corrected chi connectivity index (χ2v) is 13.3. The number of benzene rings is 1. The Morgan fingerprint density at radius 3 is 2.69 bits per heavy atom. The molecule has 1 aromatic heterocycles. The molecule has 4 rings (SSSR count). The van der Waals surface area contributed by atoms with Gasteiger partial charge in [0.2, 0.25) is 5.95 Å². The van der Waals surface area contributed by atoms with Crippen molar-refractivity contribution in [3.8, 4) is 6.07 Å². The normalized spacial score (nSPS) is 26.8. The summed E-state index contributed by atoms with van der Waals surface area (Å²) in [6.07, 6.45) is 11.1. The molecule has 2 aromatic rings. The van der Waals surface area contributed by atoms with Crippen LogP contribution in [0.3, 0.4) is 0 Å². The number of aromatic nitrogens is 2. The van der Waals surface area contributed by atoms with E-state index >= 15 is 0 Å². The zero-order chi connectivity index (χ0) is 30.0. The van der Waals surface area contributed by atoms with Crippen LogP contribution in [0.5, 0.6) is 0 Å². The number of rotatable bonds is 14. The van der Waals surface area contributed by atoms with Crippen molar-refractivity contribution in [1.82, 2.24) is 15.3 Å². The third kappa shape index (κ3) is 9.28. The van der Waals surface area contributed by atoms with Crippen LogP contribution >= 0.6 is 11.6 Å². The number of ether oxygens (including phenoxy) is 1. The Balaban J connectivity index is 1.32. The molecule has 0 aliphatic heterocycles. The number of halogens is 1. The first-order valence-corrected chi connectivity index (χ1v) is 16.1. The van der Waals surface area contributed by atoms with E-state index in [-0.39, 0.29) is 12.0 Å². The maximum atomic E-state index is 9.73. The molecule has 0 spiro atoms. The highest BCUT2D eigenvalue weighted by atomic mass is 35.5. The summed E-state index contributed by atoms with van der Waals surface area (Å²) in [6, 6.07) is 10.4. The number of nitrogens with one attached hydrogen (secondary N) is 3. The number of anilines is 2. The lowest BCUT2D eigenvalue weighted by Crippen LogP contribution is -2.45. The monoisotopic (exact) mass is 596 g/mol. The first kappa shape index (κ1) is 32.5. The van der Waals surface area contributed by atoms with E-state index in [0.717, 1.165) is 50.8 Å². The van der Waals surface area contributed by atoms with Crippen LogP contribution in [-0.2, 0) is 11.3 Å². The lowest BCUT2D eigenvalue weighted by molar-refractivity contribution is -0.0000293. The van der Waals surface area contributed by atoms with Crippen LogP contribution < -0.4 is 16.0 Å². The minimum atomic E-state index is 0.0996. The molecule has 4 N–H and O–H groups in total. The molecular weight excluding hydrogens is 548 g/mol. The van der Waals surface area contributed by atoms with Crippen molar-refractivity contribution in [1.29, 1.82) is 5.26 Å². The Bertz CT molecular complexity index is 1170. The van der Waals surface area contributed by atoms with Crippen molar-refractivity contribution in [2.75, 3.05) is 36.9 Å². The molecule has 2 aliphatic rings. The van der Waals surface area contributed by atoms with Gasteiger partial charge in [0, 0.05) is 24.2 Å². The second kappa shape index (κ2) is 15.9. The molecular formula is C33H49ClN6O2. The SMILES string of the molecule is CC[C@H](NC[C@H]1CC[C@H](OCCO)CC1)[C@@H]1CC(C)C[C@@](C)(CNc2nc(NCc3ccccc3Cl)ncc2C#N)C1. The summed E-state index contributed by atoms with van der Waals surface area (Å²) in [5, 5.41) is 30.2. The van der Waals surface area contributed by atoms with Gasteiger partial charge >= 0.3 is 0 Å². The average Bonchev–Trinajstić information content (AvgIpc) is 2.99. The highest BCUT2D eigenvalue weighted by Crippen LogP contribution is 2.44. The molecule has 42 heavy (non-hydrogen) atoms. The van der Waals surface area contributed by atoms with Crippen LogP contribution in [0.15, 0.2) is 30.5 Å². The number of nitrogens with zero attached hydrogens (tertiary/aromatic N) is 3. The minimum absolute atomic E-state index is 0.0996. The van der Waals surface area contributed by atoms with E-state index in [4.69, 9.17) is 21.4 Å². The maximum Gasteiger partial charge on any atom is 0.224 e. The van der Waals surface area contributed by atoms with Gasteiger partial charge in [0.05, 0.1) is 25.5 Å². The number of nitriles is 1. The van der Waals surface area contributed by atoms with Gasteiger partial charge in [-0.15, -0.1) is 0 Å². The fourth-order valence-corrected chi connectivity index (χ4v) is 7.38. The van der Waals surface area contributed by atoms with E-state index in [9.17, 15) is 5.26 Å². The molecule has 0 radical (unpaired) electrons. The summed E-state index contributed by atoms with van der Waals surface area (Å²) in [6.45, 7) is 9.97. The van der Waals surface area contributed by atoms with Gasteiger partial charge in [0.25, 0.3) is 0 Å². The van der Waals surface area contributed by atoms with Gasteiger partial charge in [-0.05, 0) is 92.7 Å². The molecule has 4 atom stereocenters. The Morgan fingerprint density at radius 2 is 1.98 bits per heavy atom. The number of hydrogen-bond acceptors (Lipinski definition) is 8. The standard InChI is InChI=1S/C33H49ClN6O2/c1-4-30(36-19-24-9-11-28(12-10-24)42-14-13-41)26-15-23(2)16-33(3,17-26)22-39-31-27(18-35)21-38-32(40-31)37-20-25-7-5-6-8-29(25)34/h5-8,21,23-24,26,28,30,36,41H,4,9-17,19-20,22H2,1-3H3,(H2,37,38,39,40)/t23?,24-,26-,28-,30+,33-/m1/s1. The lowest BCUT2D eigenvalue weighted by atomic mass is 9.64. The largest absolute Gasteiger partial charge is 0.394 e. The summed E-state index contributed by atoms with van der Waals surface area (Å²) in [4.78, 5) is 9.01. The Kier molecular flexibility index (Phi) is 12.3. The first-order valence-electron chi connectivity index (χ1n) is 15.8. The Hall–Kier alpha value is -2.44. The lowest BCUT2D eigenvalue weighted by Gasteiger charge is -2.45. The number of aliphatic hydroxyl groups is 1. The summed E-state index contributed by atoms with van der Waals surface area (Å²) >= 11 is 6.30. The molecule has 0 saturated heterocycles. The third-order valence-electron chi connectivity index (χ3n) is 9.20. The van der Waals surface area contributed by atoms with Crippen LogP contribution in [-0.4, -0.2) is 53.5 Å². The molecule has 2 fully saturated rings. The van der Waals surface area contributed by atoms with E-state index in [0.29, 0.717) is 65.4 Å². The zero-order valence-corrected chi connectivity index (χ0v) is 26.3. The van der Waals surface area contributed by atoms with Gasteiger partial charge in [0.15, 0.2) is 0 Å². The third-order valence-corrected chi connectivity index (χ3v) is 9.57. The van der Waals surface area contributed by atoms with Crippen LogP contribution in [0, 0.1) is 34.5 Å². The summed E-state index contributed by atoms with van der Waals surface area (Å²) in [5.74, 6) is 3.00. The van der Waals surface area contributed by atoms with E-state index < -0.39 is 0 Å². The topological polar surface area (TPSA) is 115 Å². The van der Waals surface area contributed by atoms with Crippen LogP contribution in [0.25, 0.3) is 0 Å². The molecule has 9 heteroatoms. The predicted molar refractivity (Wildman–Crippen MR) is 169 cm³/mol. The van der Waals surface area contributed by atoms with Gasteiger partial charge in [-0.2, -0.15) is 10.2 Å². The van der Waals surface area contributed by atoms with Crippen molar-refractivity contribution >= 4 is 23.4 Å². The van der Waals surface area contributed by atoms with Crippen LogP contribution in [0.1, 0.15) is 83.3 Å². The second-order valence-electron chi connectivity index (χ2n) is 12.8. The van der Waals surface area contributed by atoms with Crippen LogP contribution in [0.4, 0.5) is 11.8 Å². The fourth-order valence-electron chi connectivity index (χ4n) is 7.17. The molecule has 2 saturated carbocycles. The van der Waals surface area contributed by atoms with Crippen molar-refractivity contribution in [2.45, 2.75) is 90.8 Å². The molecule has 1 unspecified atom stereocenters. The van der Waals surface area contributed by atoms with Crippen molar-refractivity contribution in [3.05, 3.63) is 46.6 Å². The Labute approximate surface area is 257 Å². The van der Waals surface area contributed by atoms with Crippen molar-refractivity contribution < 1.29 is 9.84 Å². The van der Waals surface area contributed by atoms with E-state index in [1.807, 2.05) is 24.3 Å². The fraction of sp³-hybridized carbons (Fsp3) is 0.667. The van der Waals surface area contributed by atoms with Gasteiger partial charge in [0.1, 0.15) is 17.5 Å². The van der Waals surface area contributed by atoms with Gasteiger partial charge in [-0.1, -0.05) is 50.6 Å². The van der Waals surface area contributed by atoms with Crippen molar-refractivity contribution in [3.63, 3.8) is 0 Å². The number of hydrogen-bond donors (Lipinski definition) is 4. The molecule has 0 amide bonds. The minimum Gasteiger partial charge on any atom is -0.394 e. The predicted octanol–water partition coefficient (Wildman–Crippen LogP) is 6.40. The molecule has 1 aromatic carbocycles. The Morgan fingerprint density at radius 1 is 1.19 bits per heavy atom. The molecule has 0 bridgehead atoms. The van der Waals surface area contributed by atoms with Gasteiger partial charge in [-0.3, -0.25) is 0 Å². The van der Waals surface area contributed by atoms with Gasteiger partial charge < -0.3 is 25.8 Å². The molecule has 8 nitrogen and oxygen atoms in total. The highest BCUT2D eigenvalue weighted by Gasteiger charge is 2.38. The summed E-state index contributed by atoms with van der Waals surface area (Å²) < 4.78 is 5.76. The first-order chi connectivity index (χ1) is 20.3.